The molecule has 0 spiro atoms. The van der Waals surface area contributed by atoms with E-state index in [0.29, 0.717) is 0 Å². The topological polar surface area (TPSA) is 80.5 Å². The zero-order valence-electron chi connectivity index (χ0n) is 8.55. The molecule has 1 fully saturated rings. The predicted molar refractivity (Wildman–Crippen MR) is 60.1 cm³/mol. The van der Waals surface area contributed by atoms with E-state index >= 15 is 0 Å². The number of anilines is 1. The molecule has 6 nitrogen and oxygen atoms in total. The van der Waals surface area contributed by atoms with Gasteiger partial charge in [-0.2, -0.15) is 0 Å². The van der Waals surface area contributed by atoms with Gasteiger partial charge in [0.05, 0.1) is 28.6 Å². The van der Waals surface area contributed by atoms with Gasteiger partial charge in [-0.3, -0.25) is 19.7 Å². The number of carbonyl (C=O) groups is 2. The molecular formula is C10H7ClN2O4. The number of nitro groups is 1. The molecule has 17 heavy (non-hydrogen) atoms. The first-order valence-corrected chi connectivity index (χ1v) is 5.13. The molecular weight excluding hydrogens is 248 g/mol. The smallest absolute Gasteiger partial charge is 0.271 e. The molecule has 7 heteroatoms. The summed E-state index contributed by atoms with van der Waals surface area (Å²) in [5.74, 6) is -0.616. The minimum atomic E-state index is -0.581. The number of amides is 1. The highest BCUT2D eigenvalue weighted by Crippen LogP contribution is 2.31. The van der Waals surface area contributed by atoms with Gasteiger partial charge in [-0.1, -0.05) is 11.6 Å². The van der Waals surface area contributed by atoms with Gasteiger partial charge in [0.1, 0.15) is 0 Å². The van der Waals surface area contributed by atoms with Crippen molar-refractivity contribution in [2.24, 2.45) is 0 Å². The number of hydrogen-bond acceptors (Lipinski definition) is 4. The fourth-order valence-corrected chi connectivity index (χ4v) is 1.85. The normalized spacial score (nSPS) is 15.5. The van der Waals surface area contributed by atoms with E-state index in [1.165, 1.54) is 18.2 Å². The third kappa shape index (κ3) is 2.12. The molecule has 0 saturated carbocycles. The van der Waals surface area contributed by atoms with E-state index < -0.39 is 10.8 Å². The van der Waals surface area contributed by atoms with Crippen LogP contribution in [0.15, 0.2) is 18.2 Å². The van der Waals surface area contributed by atoms with Gasteiger partial charge in [0.25, 0.3) is 5.69 Å². The average Bonchev–Trinajstić information content (AvgIpc) is 2.58. The molecule has 1 aromatic rings. The van der Waals surface area contributed by atoms with Crippen LogP contribution in [0.3, 0.4) is 0 Å². The Morgan fingerprint density at radius 2 is 2.06 bits per heavy atom. The summed E-state index contributed by atoms with van der Waals surface area (Å²) in [6.07, 6.45) is -0.182. The first kappa shape index (κ1) is 11.5. The summed E-state index contributed by atoms with van der Waals surface area (Å²) in [6.45, 7) is -0.0836. The van der Waals surface area contributed by atoms with Crippen molar-refractivity contribution in [2.45, 2.75) is 6.42 Å². The monoisotopic (exact) mass is 254 g/mol. The molecule has 0 aromatic heterocycles. The van der Waals surface area contributed by atoms with Crippen molar-refractivity contribution in [1.29, 1.82) is 0 Å². The molecule has 1 heterocycles. The molecule has 0 unspecified atom stereocenters. The van der Waals surface area contributed by atoms with Gasteiger partial charge in [-0.15, -0.1) is 0 Å². The van der Waals surface area contributed by atoms with Gasteiger partial charge < -0.3 is 4.90 Å². The Kier molecular flexibility index (Phi) is 2.81. The van der Waals surface area contributed by atoms with E-state index in [9.17, 15) is 19.7 Å². The van der Waals surface area contributed by atoms with Crippen LogP contribution in [0.2, 0.25) is 5.02 Å². The van der Waals surface area contributed by atoms with Crippen LogP contribution < -0.4 is 4.90 Å². The number of nitrogens with zero attached hydrogens (tertiary/aromatic N) is 2. The zero-order valence-corrected chi connectivity index (χ0v) is 9.31. The molecule has 0 radical (unpaired) electrons. The summed E-state index contributed by atoms with van der Waals surface area (Å²) in [5.41, 5.74) is 0.0354. The average molecular weight is 255 g/mol. The summed E-state index contributed by atoms with van der Waals surface area (Å²) in [6, 6.07) is 3.78. The number of carbonyl (C=O) groups excluding carboxylic acids is 2. The van der Waals surface area contributed by atoms with Gasteiger partial charge in [-0.25, -0.2) is 0 Å². The van der Waals surface area contributed by atoms with Gasteiger partial charge in [-0.05, 0) is 6.07 Å². The molecule has 1 saturated heterocycles. The van der Waals surface area contributed by atoms with E-state index in [-0.39, 0.29) is 35.1 Å². The number of ketones is 1. The molecule has 0 aliphatic carbocycles. The van der Waals surface area contributed by atoms with E-state index in [0.717, 1.165) is 4.90 Å². The molecule has 1 aliphatic rings. The van der Waals surface area contributed by atoms with Crippen LogP contribution in [0.1, 0.15) is 6.42 Å². The summed E-state index contributed by atoms with van der Waals surface area (Å²) in [7, 11) is 0. The van der Waals surface area contributed by atoms with E-state index in [1.54, 1.807) is 0 Å². The van der Waals surface area contributed by atoms with Crippen LogP contribution in [-0.2, 0) is 9.59 Å². The van der Waals surface area contributed by atoms with Crippen LogP contribution >= 0.6 is 11.6 Å². The lowest BCUT2D eigenvalue weighted by molar-refractivity contribution is -0.384. The summed E-state index contributed by atoms with van der Waals surface area (Å²) < 4.78 is 0. The largest absolute Gasteiger partial charge is 0.303 e. The minimum absolute atomic E-state index is 0.0836. The lowest BCUT2D eigenvalue weighted by Crippen LogP contribution is -2.24. The van der Waals surface area contributed by atoms with Crippen molar-refractivity contribution >= 4 is 34.7 Å². The van der Waals surface area contributed by atoms with E-state index in [2.05, 4.69) is 0 Å². The second-order valence-corrected chi connectivity index (χ2v) is 4.00. The highest BCUT2D eigenvalue weighted by Gasteiger charge is 2.30. The first-order valence-electron chi connectivity index (χ1n) is 4.75. The Balaban J connectivity index is 2.44. The first-order chi connectivity index (χ1) is 7.99. The van der Waals surface area contributed by atoms with Crippen LogP contribution in [0.5, 0.6) is 0 Å². The van der Waals surface area contributed by atoms with Crippen molar-refractivity contribution in [3.05, 3.63) is 33.3 Å². The number of hydrogen-bond donors (Lipinski definition) is 0. The fraction of sp³-hybridized carbons (Fsp3) is 0.200. The van der Waals surface area contributed by atoms with Gasteiger partial charge in [0.2, 0.25) is 5.91 Å². The maximum absolute atomic E-state index is 11.5. The van der Waals surface area contributed by atoms with Crippen LogP contribution in [0.4, 0.5) is 11.4 Å². The Morgan fingerprint density at radius 3 is 2.59 bits per heavy atom. The van der Waals surface area contributed by atoms with Crippen molar-refractivity contribution in [2.75, 3.05) is 11.4 Å². The number of benzene rings is 1. The maximum Gasteiger partial charge on any atom is 0.271 e. The molecule has 0 N–H and O–H groups in total. The Labute approximate surface area is 101 Å². The van der Waals surface area contributed by atoms with Crippen molar-refractivity contribution in [1.82, 2.24) is 0 Å². The number of Topliss-reactive ketones (excluding diaryl/α,β-unsaturated/α-hetero) is 1. The Morgan fingerprint density at radius 1 is 1.35 bits per heavy atom. The maximum atomic E-state index is 11.5. The summed E-state index contributed by atoms with van der Waals surface area (Å²) in [5, 5.41) is 10.8. The Hall–Kier alpha value is -1.95. The molecule has 2 rings (SSSR count). The van der Waals surface area contributed by atoms with Crippen LogP contribution in [-0.4, -0.2) is 23.2 Å². The molecule has 1 aliphatic heterocycles. The third-order valence-electron chi connectivity index (χ3n) is 2.42. The summed E-state index contributed by atoms with van der Waals surface area (Å²) in [4.78, 5) is 33.8. The molecule has 1 amide bonds. The van der Waals surface area contributed by atoms with Crippen molar-refractivity contribution in [3.63, 3.8) is 0 Å². The summed E-state index contributed by atoms with van der Waals surface area (Å²) >= 11 is 5.87. The molecule has 1 aromatic carbocycles. The van der Waals surface area contributed by atoms with Crippen LogP contribution in [0.25, 0.3) is 0 Å². The van der Waals surface area contributed by atoms with Gasteiger partial charge in [0, 0.05) is 12.1 Å². The SMILES string of the molecule is O=C1CC(=O)N(c2cc([N+](=O)[O-])ccc2Cl)C1. The lowest BCUT2D eigenvalue weighted by Gasteiger charge is -2.15. The van der Waals surface area contributed by atoms with Gasteiger partial charge >= 0.3 is 0 Å². The zero-order chi connectivity index (χ0) is 12.6. The molecule has 88 valence electrons. The fourth-order valence-electron chi connectivity index (χ4n) is 1.63. The number of rotatable bonds is 2. The van der Waals surface area contributed by atoms with Crippen molar-refractivity contribution < 1.29 is 14.5 Å². The molecule has 0 bridgehead atoms. The van der Waals surface area contributed by atoms with Gasteiger partial charge in [0.15, 0.2) is 5.78 Å². The van der Waals surface area contributed by atoms with E-state index in [4.69, 9.17) is 11.6 Å². The second kappa shape index (κ2) is 4.14. The standard InChI is InChI=1S/C10H7ClN2O4/c11-8-2-1-6(13(16)17)3-9(8)12-5-7(14)4-10(12)15/h1-3H,4-5H2. The van der Waals surface area contributed by atoms with Crippen LogP contribution in [0, 0.1) is 10.1 Å². The number of nitro benzene ring substituents is 1. The quantitative estimate of drug-likeness (QED) is 0.456. The third-order valence-corrected chi connectivity index (χ3v) is 2.73. The second-order valence-electron chi connectivity index (χ2n) is 3.59. The predicted octanol–water partition coefficient (Wildman–Crippen LogP) is 1.55. The Bertz CT molecular complexity index is 529. The molecule has 0 atom stereocenters. The number of non-ortho nitro benzene ring substituents is 1. The minimum Gasteiger partial charge on any atom is -0.303 e. The highest BCUT2D eigenvalue weighted by molar-refractivity contribution is 6.34. The lowest BCUT2D eigenvalue weighted by atomic mass is 10.2. The highest BCUT2D eigenvalue weighted by atomic mass is 35.5. The van der Waals surface area contributed by atoms with Crippen molar-refractivity contribution in [3.8, 4) is 0 Å². The van der Waals surface area contributed by atoms with E-state index in [1.807, 2.05) is 0 Å². The number of halogens is 1.